The van der Waals surface area contributed by atoms with E-state index in [9.17, 15) is 0 Å². The molecule has 0 amide bonds. The van der Waals surface area contributed by atoms with E-state index >= 15 is 0 Å². The number of unbranched alkanes of at least 4 members (excludes halogenated alkanes) is 14. The zero-order valence-corrected chi connectivity index (χ0v) is 23.3. The molecule has 0 aliphatic rings. The summed E-state index contributed by atoms with van der Waals surface area (Å²) in [5, 5.41) is 0. The zero-order chi connectivity index (χ0) is 22.3. The summed E-state index contributed by atoms with van der Waals surface area (Å²) < 4.78 is 1.45. The number of quaternary nitrogens is 1. The summed E-state index contributed by atoms with van der Waals surface area (Å²) in [6.45, 7) is 15.1. The average molecular weight is 490 g/mol. The minimum Gasteiger partial charge on any atom is -0.324 e. The number of alkyl halides is 1. The molecule has 0 spiro atoms. The molecule has 182 valence electrons. The Morgan fingerprint density at radius 3 is 1.07 bits per heavy atom. The minimum atomic E-state index is 0.687. The van der Waals surface area contributed by atoms with Gasteiger partial charge < -0.3 is 4.48 Å². The van der Waals surface area contributed by atoms with Gasteiger partial charge in [-0.15, -0.1) is 0 Å². The van der Waals surface area contributed by atoms with Gasteiger partial charge >= 0.3 is 0 Å². The Balaban J connectivity index is 4.73. The second-order valence-corrected chi connectivity index (χ2v) is 11.7. The molecule has 0 aromatic rings. The van der Waals surface area contributed by atoms with Crippen LogP contribution in [0.25, 0.3) is 0 Å². The molecule has 1 unspecified atom stereocenters. The first-order chi connectivity index (χ1) is 14.6. The maximum absolute atomic E-state index is 3.73. The molecule has 1 nitrogen and oxygen atoms in total. The number of nitrogens with zero attached hydrogens (tertiary/aromatic N) is 1. The van der Waals surface area contributed by atoms with E-state index in [1.807, 2.05) is 0 Å². The van der Waals surface area contributed by atoms with Gasteiger partial charge in [-0.25, -0.2) is 0 Å². The van der Waals surface area contributed by atoms with Crippen LogP contribution >= 0.6 is 15.9 Å². The molecule has 30 heavy (non-hydrogen) atoms. The van der Waals surface area contributed by atoms with Gasteiger partial charge in [-0.3, -0.25) is 0 Å². The molecular weight excluding hydrogens is 430 g/mol. The third-order valence-electron chi connectivity index (χ3n) is 6.94. The lowest BCUT2D eigenvalue weighted by atomic mass is 10.1. The van der Waals surface area contributed by atoms with Crippen molar-refractivity contribution in [3.63, 3.8) is 0 Å². The molecule has 0 aliphatic carbocycles. The van der Waals surface area contributed by atoms with Gasteiger partial charge in [0.2, 0.25) is 0 Å². The lowest BCUT2D eigenvalue weighted by Crippen LogP contribution is -2.50. The highest BCUT2D eigenvalue weighted by Crippen LogP contribution is 2.20. The van der Waals surface area contributed by atoms with Gasteiger partial charge in [0.15, 0.2) is 0 Å². The third kappa shape index (κ3) is 19.1. The first-order valence-electron chi connectivity index (χ1n) is 14.1. The monoisotopic (exact) mass is 488 g/mol. The maximum atomic E-state index is 3.73. The largest absolute Gasteiger partial charge is 0.324 e. The molecule has 0 saturated carbocycles. The van der Waals surface area contributed by atoms with Crippen molar-refractivity contribution in [3.05, 3.63) is 0 Å². The van der Waals surface area contributed by atoms with E-state index in [1.165, 1.54) is 153 Å². The molecule has 0 radical (unpaired) electrons. The maximum Gasteiger partial charge on any atom is 0.0786 e. The van der Waals surface area contributed by atoms with Gasteiger partial charge in [-0.1, -0.05) is 108 Å². The Labute approximate surface area is 200 Å². The second-order valence-electron chi connectivity index (χ2n) is 10.1. The van der Waals surface area contributed by atoms with Crippen molar-refractivity contribution in [1.82, 2.24) is 0 Å². The molecule has 0 heterocycles. The van der Waals surface area contributed by atoms with Gasteiger partial charge in [0.25, 0.3) is 0 Å². The molecule has 0 rings (SSSR count). The summed E-state index contributed by atoms with van der Waals surface area (Å²) in [6, 6.07) is 0. The summed E-state index contributed by atoms with van der Waals surface area (Å²) in [7, 11) is 0. The number of rotatable bonds is 24. The van der Waals surface area contributed by atoms with E-state index in [-0.39, 0.29) is 0 Å². The van der Waals surface area contributed by atoms with Crippen molar-refractivity contribution in [2.45, 2.75) is 155 Å². The van der Waals surface area contributed by atoms with E-state index in [1.54, 1.807) is 0 Å². The summed E-state index contributed by atoms with van der Waals surface area (Å²) in [5.74, 6) is 0. The summed E-state index contributed by atoms with van der Waals surface area (Å²) in [4.78, 5) is 0.687. The average Bonchev–Trinajstić information content (AvgIpc) is 2.72. The van der Waals surface area contributed by atoms with Crippen LogP contribution in [-0.4, -0.2) is 35.5 Å². The Kier molecular flexibility index (Phi) is 23.0. The normalized spacial score (nSPS) is 13.1. The topological polar surface area (TPSA) is 0 Å². The molecule has 0 fully saturated rings. The van der Waals surface area contributed by atoms with Crippen LogP contribution in [0, 0.1) is 0 Å². The van der Waals surface area contributed by atoms with Gasteiger partial charge in [0, 0.05) is 4.83 Å². The first-order valence-corrected chi connectivity index (χ1v) is 15.0. The van der Waals surface area contributed by atoms with Gasteiger partial charge in [-0.2, -0.15) is 0 Å². The quantitative estimate of drug-likeness (QED) is 0.0719. The zero-order valence-electron chi connectivity index (χ0n) is 21.7. The van der Waals surface area contributed by atoms with E-state index in [2.05, 4.69) is 43.6 Å². The molecule has 0 N–H and O–H groups in total. The predicted octanol–water partition coefficient (Wildman–Crippen LogP) is 10.1. The molecule has 0 bridgehead atoms. The molecular formula is C28H59BrN+. The Bertz CT molecular complexity index is 293. The Hall–Kier alpha value is 0.440. The molecule has 2 heteroatoms. The van der Waals surface area contributed by atoms with E-state index < -0.39 is 0 Å². The minimum absolute atomic E-state index is 0.687. The highest BCUT2D eigenvalue weighted by molar-refractivity contribution is 9.09. The standard InChI is InChI=1S/C28H59BrN/c1-5-8-11-14-19-24-30(25-20-15-12-9-6-2,26-21-16-13-10-7-3)27-22-17-18-23-28(4)29/h28H,5-27H2,1-4H3/q+1. The van der Waals surface area contributed by atoms with E-state index in [0.29, 0.717) is 4.83 Å². The fourth-order valence-electron chi connectivity index (χ4n) is 4.87. The van der Waals surface area contributed by atoms with Crippen molar-refractivity contribution in [2.75, 3.05) is 26.2 Å². The van der Waals surface area contributed by atoms with Gasteiger partial charge in [0.1, 0.15) is 0 Å². The van der Waals surface area contributed by atoms with Crippen LogP contribution in [-0.2, 0) is 0 Å². The number of halogens is 1. The molecule has 0 aromatic heterocycles. The third-order valence-corrected chi connectivity index (χ3v) is 7.40. The highest BCUT2D eigenvalue weighted by atomic mass is 79.9. The lowest BCUT2D eigenvalue weighted by Gasteiger charge is -2.40. The molecule has 0 aliphatic heterocycles. The molecule has 0 saturated heterocycles. The van der Waals surface area contributed by atoms with Crippen LogP contribution in [0.2, 0.25) is 0 Å². The highest BCUT2D eigenvalue weighted by Gasteiger charge is 2.25. The van der Waals surface area contributed by atoms with Crippen LogP contribution in [0.3, 0.4) is 0 Å². The fourth-order valence-corrected chi connectivity index (χ4v) is 5.20. The summed E-state index contributed by atoms with van der Waals surface area (Å²) in [5.41, 5.74) is 0. The van der Waals surface area contributed by atoms with Crippen molar-refractivity contribution in [2.24, 2.45) is 0 Å². The summed E-state index contributed by atoms with van der Waals surface area (Å²) in [6.07, 6.45) is 27.1. The van der Waals surface area contributed by atoms with Crippen LogP contribution in [0.15, 0.2) is 0 Å². The SMILES string of the molecule is CCCCCCC[N+](CCCCCCC)(CCCCCCC)CCCCCC(C)Br. The number of hydrogen-bond donors (Lipinski definition) is 0. The van der Waals surface area contributed by atoms with Crippen molar-refractivity contribution in [3.8, 4) is 0 Å². The number of hydrogen-bond acceptors (Lipinski definition) is 0. The second kappa shape index (κ2) is 22.6. The predicted molar refractivity (Wildman–Crippen MR) is 143 cm³/mol. The molecule has 1 atom stereocenters. The van der Waals surface area contributed by atoms with E-state index in [4.69, 9.17) is 0 Å². The van der Waals surface area contributed by atoms with Crippen LogP contribution in [0.1, 0.15) is 150 Å². The molecule has 0 aromatic carbocycles. The van der Waals surface area contributed by atoms with E-state index in [0.717, 1.165) is 0 Å². The summed E-state index contributed by atoms with van der Waals surface area (Å²) >= 11 is 3.73. The van der Waals surface area contributed by atoms with Crippen LogP contribution in [0.5, 0.6) is 0 Å². The lowest BCUT2D eigenvalue weighted by molar-refractivity contribution is -0.929. The van der Waals surface area contributed by atoms with Gasteiger partial charge in [0.05, 0.1) is 26.2 Å². The van der Waals surface area contributed by atoms with Crippen molar-refractivity contribution in [1.29, 1.82) is 0 Å². The Morgan fingerprint density at radius 2 is 0.767 bits per heavy atom. The van der Waals surface area contributed by atoms with Crippen LogP contribution < -0.4 is 0 Å². The fraction of sp³-hybridized carbons (Fsp3) is 1.00. The van der Waals surface area contributed by atoms with Crippen molar-refractivity contribution >= 4 is 15.9 Å². The first kappa shape index (κ1) is 30.4. The van der Waals surface area contributed by atoms with Gasteiger partial charge in [-0.05, 0) is 57.8 Å². The van der Waals surface area contributed by atoms with Crippen LogP contribution in [0.4, 0.5) is 0 Å². The Morgan fingerprint density at radius 1 is 0.467 bits per heavy atom. The smallest absolute Gasteiger partial charge is 0.0786 e. The van der Waals surface area contributed by atoms with Crippen molar-refractivity contribution < 1.29 is 4.48 Å².